The Balaban J connectivity index is 2.12. The third kappa shape index (κ3) is 2.16. The first-order chi connectivity index (χ1) is 10.7. The van der Waals surface area contributed by atoms with Gasteiger partial charge in [0.15, 0.2) is 11.4 Å². The van der Waals surface area contributed by atoms with Crippen molar-refractivity contribution >= 4 is 5.69 Å². The Hall–Kier alpha value is -2.95. The van der Waals surface area contributed by atoms with Gasteiger partial charge in [0, 0.05) is 12.0 Å². The standard InChI is InChI=1S/C14H13N5O3/c1-22-13-6-5-10(7-12(13)19(20)21)18-14(9-3-2-4-9)11(8-15)16-17-18/h5-7,9H,2-4H2,1H3. The number of methoxy groups -OCH3 is 1. The van der Waals surface area contributed by atoms with Crippen molar-refractivity contribution in [1.29, 1.82) is 5.26 Å². The monoisotopic (exact) mass is 299 g/mol. The van der Waals surface area contributed by atoms with E-state index < -0.39 is 4.92 Å². The minimum Gasteiger partial charge on any atom is -0.490 e. The van der Waals surface area contributed by atoms with Gasteiger partial charge in [-0.2, -0.15) is 5.26 Å². The van der Waals surface area contributed by atoms with E-state index in [1.54, 1.807) is 6.07 Å². The van der Waals surface area contributed by atoms with Gasteiger partial charge in [-0.15, -0.1) is 5.10 Å². The third-order valence-electron chi connectivity index (χ3n) is 3.91. The van der Waals surface area contributed by atoms with E-state index in [1.165, 1.54) is 23.9 Å². The van der Waals surface area contributed by atoms with Crippen molar-refractivity contribution in [2.75, 3.05) is 7.11 Å². The molecule has 0 bridgehead atoms. The molecule has 22 heavy (non-hydrogen) atoms. The number of nitrogens with zero attached hydrogens (tertiary/aromatic N) is 5. The van der Waals surface area contributed by atoms with Crippen molar-refractivity contribution in [3.05, 3.63) is 39.7 Å². The Bertz CT molecular complexity index is 773. The maximum Gasteiger partial charge on any atom is 0.313 e. The first-order valence-electron chi connectivity index (χ1n) is 6.84. The number of aromatic nitrogens is 3. The van der Waals surface area contributed by atoms with Crippen LogP contribution in [0.25, 0.3) is 5.69 Å². The van der Waals surface area contributed by atoms with Gasteiger partial charge in [-0.1, -0.05) is 11.6 Å². The summed E-state index contributed by atoms with van der Waals surface area (Å²) in [7, 11) is 1.38. The maximum atomic E-state index is 11.1. The minimum absolute atomic E-state index is 0.145. The molecule has 0 radical (unpaired) electrons. The predicted molar refractivity (Wildman–Crippen MR) is 75.9 cm³/mol. The van der Waals surface area contributed by atoms with Crippen molar-refractivity contribution in [3.63, 3.8) is 0 Å². The zero-order valence-corrected chi connectivity index (χ0v) is 11.9. The number of benzene rings is 1. The Morgan fingerprint density at radius 2 is 2.27 bits per heavy atom. The molecule has 0 amide bonds. The molecule has 3 rings (SSSR count). The van der Waals surface area contributed by atoms with Crippen LogP contribution in [-0.4, -0.2) is 27.0 Å². The summed E-state index contributed by atoms with van der Waals surface area (Å²) in [5.74, 6) is 0.408. The van der Waals surface area contributed by atoms with Gasteiger partial charge in [0.2, 0.25) is 0 Å². The molecule has 0 saturated heterocycles. The topological polar surface area (TPSA) is 107 Å². The molecule has 0 unspecified atom stereocenters. The molecule has 1 aliphatic rings. The van der Waals surface area contributed by atoms with Crippen LogP contribution in [0.3, 0.4) is 0 Å². The Labute approximate surface area is 126 Å². The van der Waals surface area contributed by atoms with Gasteiger partial charge in [-0.3, -0.25) is 10.1 Å². The average Bonchev–Trinajstić information content (AvgIpc) is 2.88. The fourth-order valence-corrected chi connectivity index (χ4v) is 2.56. The first kappa shape index (κ1) is 14.0. The number of hydrogen-bond donors (Lipinski definition) is 0. The lowest BCUT2D eigenvalue weighted by molar-refractivity contribution is -0.385. The van der Waals surface area contributed by atoms with E-state index in [0.717, 1.165) is 25.0 Å². The molecule has 8 heteroatoms. The number of nitro groups is 1. The van der Waals surface area contributed by atoms with Crippen molar-refractivity contribution in [3.8, 4) is 17.5 Å². The van der Waals surface area contributed by atoms with E-state index in [-0.39, 0.29) is 23.0 Å². The van der Waals surface area contributed by atoms with Crippen molar-refractivity contribution in [1.82, 2.24) is 15.0 Å². The molecule has 2 aromatic rings. The van der Waals surface area contributed by atoms with Crippen LogP contribution in [0.4, 0.5) is 5.69 Å². The minimum atomic E-state index is -0.506. The second-order valence-corrected chi connectivity index (χ2v) is 5.09. The summed E-state index contributed by atoms with van der Waals surface area (Å²) in [6.45, 7) is 0. The predicted octanol–water partition coefficient (Wildman–Crippen LogP) is 2.32. The summed E-state index contributed by atoms with van der Waals surface area (Å²) in [6.07, 6.45) is 3.05. The van der Waals surface area contributed by atoms with Crippen LogP contribution >= 0.6 is 0 Å². The van der Waals surface area contributed by atoms with Crippen LogP contribution in [0.2, 0.25) is 0 Å². The molecule has 0 spiro atoms. The molecule has 0 atom stereocenters. The van der Waals surface area contributed by atoms with Crippen LogP contribution < -0.4 is 4.74 Å². The number of nitro benzene ring substituents is 1. The molecule has 8 nitrogen and oxygen atoms in total. The molecule has 1 aromatic heterocycles. The molecule has 112 valence electrons. The van der Waals surface area contributed by atoms with Gasteiger partial charge >= 0.3 is 5.69 Å². The molecule has 1 heterocycles. The van der Waals surface area contributed by atoms with Crippen molar-refractivity contribution in [2.24, 2.45) is 0 Å². The van der Waals surface area contributed by atoms with Gasteiger partial charge in [-0.05, 0) is 25.0 Å². The van der Waals surface area contributed by atoms with Crippen LogP contribution in [0, 0.1) is 21.4 Å². The summed E-state index contributed by atoms with van der Waals surface area (Å²) in [6, 6.07) is 6.62. The highest BCUT2D eigenvalue weighted by Gasteiger charge is 2.29. The van der Waals surface area contributed by atoms with Crippen LogP contribution in [0.5, 0.6) is 5.75 Å². The van der Waals surface area contributed by atoms with Crippen molar-refractivity contribution < 1.29 is 9.66 Å². The molecule has 1 fully saturated rings. The third-order valence-corrected chi connectivity index (χ3v) is 3.91. The molecule has 1 aliphatic carbocycles. The lowest BCUT2D eigenvalue weighted by Crippen LogP contribution is -2.15. The van der Waals surface area contributed by atoms with Crippen molar-refractivity contribution in [2.45, 2.75) is 25.2 Å². The first-order valence-corrected chi connectivity index (χ1v) is 6.84. The number of hydrogen-bond acceptors (Lipinski definition) is 6. The van der Waals surface area contributed by atoms with E-state index in [2.05, 4.69) is 10.3 Å². The van der Waals surface area contributed by atoms with Gasteiger partial charge in [0.1, 0.15) is 6.07 Å². The van der Waals surface area contributed by atoms with E-state index >= 15 is 0 Å². The normalized spacial score (nSPS) is 14.2. The fraction of sp³-hybridized carbons (Fsp3) is 0.357. The zero-order valence-electron chi connectivity index (χ0n) is 11.9. The number of ether oxygens (including phenoxy) is 1. The van der Waals surface area contributed by atoms with E-state index in [4.69, 9.17) is 4.74 Å². The van der Waals surface area contributed by atoms with E-state index in [9.17, 15) is 15.4 Å². The fourth-order valence-electron chi connectivity index (χ4n) is 2.56. The number of rotatable bonds is 4. The largest absolute Gasteiger partial charge is 0.490 e. The van der Waals surface area contributed by atoms with Gasteiger partial charge in [0.25, 0.3) is 0 Å². The molecule has 0 N–H and O–H groups in total. The van der Waals surface area contributed by atoms with Crippen LogP contribution in [0.1, 0.15) is 36.6 Å². The second-order valence-electron chi connectivity index (χ2n) is 5.09. The van der Waals surface area contributed by atoms with Gasteiger partial charge in [0.05, 0.1) is 23.4 Å². The summed E-state index contributed by atoms with van der Waals surface area (Å²) < 4.78 is 6.52. The highest BCUT2D eigenvalue weighted by atomic mass is 16.6. The quantitative estimate of drug-likeness (QED) is 0.633. The van der Waals surface area contributed by atoms with E-state index in [0.29, 0.717) is 5.69 Å². The maximum absolute atomic E-state index is 11.1. The lowest BCUT2D eigenvalue weighted by atomic mass is 9.82. The Morgan fingerprint density at radius 1 is 1.50 bits per heavy atom. The van der Waals surface area contributed by atoms with Crippen LogP contribution in [-0.2, 0) is 0 Å². The molecule has 1 saturated carbocycles. The van der Waals surface area contributed by atoms with E-state index in [1.807, 2.05) is 6.07 Å². The van der Waals surface area contributed by atoms with Gasteiger partial charge in [-0.25, -0.2) is 4.68 Å². The second kappa shape index (κ2) is 5.44. The summed E-state index contributed by atoms with van der Waals surface area (Å²) >= 11 is 0. The zero-order chi connectivity index (χ0) is 15.7. The Morgan fingerprint density at radius 3 is 2.82 bits per heavy atom. The highest BCUT2D eigenvalue weighted by Crippen LogP contribution is 2.39. The number of nitriles is 1. The molecule has 1 aromatic carbocycles. The average molecular weight is 299 g/mol. The molecular weight excluding hydrogens is 286 g/mol. The summed E-state index contributed by atoms with van der Waals surface area (Å²) in [5.41, 5.74) is 1.37. The smallest absolute Gasteiger partial charge is 0.313 e. The lowest BCUT2D eigenvalue weighted by Gasteiger charge is -2.25. The summed E-state index contributed by atoms with van der Waals surface area (Å²) in [4.78, 5) is 10.6. The van der Waals surface area contributed by atoms with Crippen LogP contribution in [0.15, 0.2) is 18.2 Å². The van der Waals surface area contributed by atoms with Gasteiger partial charge < -0.3 is 4.74 Å². The highest BCUT2D eigenvalue weighted by molar-refractivity contribution is 5.54. The summed E-state index contributed by atoms with van der Waals surface area (Å²) in [5, 5.41) is 28.2. The molecular formula is C14H13N5O3. The Kier molecular flexibility index (Phi) is 3.47. The SMILES string of the molecule is COc1ccc(-n2nnc(C#N)c2C2CCC2)cc1[N+](=O)[O-]. The molecule has 0 aliphatic heterocycles.